The smallest absolute Gasteiger partial charge is 0.203 e. The number of anilines is 1. The molecule has 0 aliphatic rings. The van der Waals surface area contributed by atoms with Gasteiger partial charge in [-0.3, -0.25) is 4.79 Å². The van der Waals surface area contributed by atoms with Crippen molar-refractivity contribution < 1.29 is 9.90 Å². The third kappa shape index (κ3) is 2.43. The summed E-state index contributed by atoms with van der Waals surface area (Å²) >= 11 is 1.41. The highest BCUT2D eigenvalue weighted by Crippen LogP contribution is 2.39. The van der Waals surface area contributed by atoms with E-state index in [1.807, 2.05) is 39.1 Å². The van der Waals surface area contributed by atoms with Crippen LogP contribution >= 0.6 is 11.3 Å². The highest BCUT2D eigenvalue weighted by Gasteiger charge is 2.26. The minimum Gasteiger partial charge on any atom is -0.505 e. The summed E-state index contributed by atoms with van der Waals surface area (Å²) in [5, 5.41) is 12.1. The molecule has 0 unspecified atom stereocenters. The summed E-state index contributed by atoms with van der Waals surface area (Å²) in [6, 6.07) is 5.22. The minimum absolute atomic E-state index is 0.0466. The lowest BCUT2D eigenvalue weighted by Crippen LogP contribution is -2.17. The molecule has 4 heteroatoms. The number of carbonyl (C=O) groups is 1. The molecule has 2 rings (SSSR count). The quantitative estimate of drug-likeness (QED) is 0.501. The monoisotopic (exact) mass is 289 g/mol. The van der Waals surface area contributed by atoms with Gasteiger partial charge in [-0.05, 0) is 35.4 Å². The average Bonchev–Trinajstić information content (AvgIpc) is 2.85. The molecule has 2 aromatic rings. The summed E-state index contributed by atoms with van der Waals surface area (Å²) in [5.41, 5.74) is 7.94. The molecule has 3 nitrogen and oxygen atoms in total. The maximum atomic E-state index is 12.5. The largest absolute Gasteiger partial charge is 0.505 e. The van der Waals surface area contributed by atoms with Crippen LogP contribution in [0.1, 0.15) is 47.1 Å². The molecule has 0 spiro atoms. The number of phenols is 1. The molecule has 0 aliphatic carbocycles. The number of hydrogen-bond donors (Lipinski definition) is 2. The minimum atomic E-state index is -0.284. The Morgan fingerprint density at radius 2 is 2.00 bits per heavy atom. The molecule has 0 bridgehead atoms. The second-order valence-electron chi connectivity index (χ2n) is 5.92. The zero-order valence-electron chi connectivity index (χ0n) is 12.2. The van der Waals surface area contributed by atoms with E-state index in [1.54, 1.807) is 12.1 Å². The van der Waals surface area contributed by atoms with E-state index in [0.29, 0.717) is 10.4 Å². The number of nitrogen functional groups attached to an aromatic ring is 1. The maximum Gasteiger partial charge on any atom is 0.203 e. The topological polar surface area (TPSA) is 63.3 Å². The molecule has 3 N–H and O–H groups in total. The maximum absolute atomic E-state index is 12.5. The van der Waals surface area contributed by atoms with Crippen LogP contribution in [0.5, 0.6) is 5.75 Å². The average molecular weight is 289 g/mol. The number of nitrogens with two attached hydrogens (primary N) is 1. The van der Waals surface area contributed by atoms with E-state index in [4.69, 9.17) is 5.73 Å². The lowest BCUT2D eigenvalue weighted by atomic mass is 9.80. The molecule has 0 amide bonds. The molecule has 1 aromatic carbocycles. The van der Waals surface area contributed by atoms with Gasteiger partial charge in [-0.25, -0.2) is 0 Å². The Hall–Kier alpha value is -1.81. The Kier molecular flexibility index (Phi) is 3.61. The fraction of sp³-hybridized carbons (Fsp3) is 0.312. The zero-order valence-corrected chi connectivity index (χ0v) is 13.0. The molecule has 0 aliphatic heterocycles. The van der Waals surface area contributed by atoms with Crippen molar-refractivity contribution in [1.29, 1.82) is 0 Å². The van der Waals surface area contributed by atoms with Gasteiger partial charge in [0.2, 0.25) is 5.78 Å². The molecule has 0 atom stereocenters. The van der Waals surface area contributed by atoms with E-state index in [-0.39, 0.29) is 22.6 Å². The van der Waals surface area contributed by atoms with Gasteiger partial charge in [-0.15, -0.1) is 11.3 Å². The number of hydrogen-bond acceptors (Lipinski definition) is 4. The number of rotatable bonds is 2. The normalized spacial score (nSPS) is 11.6. The van der Waals surface area contributed by atoms with E-state index in [0.717, 1.165) is 11.1 Å². The number of carbonyl (C=O) groups excluding carboxylic acids is 1. The van der Waals surface area contributed by atoms with Crippen molar-refractivity contribution in [2.45, 2.75) is 33.1 Å². The molecule has 20 heavy (non-hydrogen) atoms. The Balaban J connectivity index is 2.68. The summed E-state index contributed by atoms with van der Waals surface area (Å²) in [5.74, 6) is 0.0347. The first-order valence-electron chi connectivity index (χ1n) is 6.44. The lowest BCUT2D eigenvalue weighted by molar-refractivity contribution is 0.104. The fourth-order valence-corrected chi connectivity index (χ4v) is 3.16. The van der Waals surface area contributed by atoms with E-state index >= 15 is 0 Å². The Bertz CT molecular complexity index is 652. The number of thiophene rings is 1. The van der Waals surface area contributed by atoms with Crippen molar-refractivity contribution in [1.82, 2.24) is 0 Å². The van der Waals surface area contributed by atoms with Crippen molar-refractivity contribution >= 4 is 22.8 Å². The highest BCUT2D eigenvalue weighted by atomic mass is 32.1. The van der Waals surface area contributed by atoms with Crippen molar-refractivity contribution in [2.24, 2.45) is 0 Å². The van der Waals surface area contributed by atoms with Crippen LogP contribution in [-0.4, -0.2) is 10.9 Å². The van der Waals surface area contributed by atoms with Crippen LogP contribution in [0.3, 0.4) is 0 Å². The summed E-state index contributed by atoms with van der Waals surface area (Å²) in [6.07, 6.45) is 0. The fourth-order valence-electron chi connectivity index (χ4n) is 2.48. The highest BCUT2D eigenvalue weighted by molar-refractivity contribution is 7.12. The SMILES string of the molecule is Cc1c(C(=O)c2cccs2)cc(N)c(O)c1C(C)(C)C. The van der Waals surface area contributed by atoms with E-state index < -0.39 is 0 Å². The Labute approximate surface area is 123 Å². The van der Waals surface area contributed by atoms with Gasteiger partial charge in [0.05, 0.1) is 10.6 Å². The van der Waals surface area contributed by atoms with Gasteiger partial charge < -0.3 is 10.8 Å². The van der Waals surface area contributed by atoms with Crippen LogP contribution in [0.25, 0.3) is 0 Å². The second kappa shape index (κ2) is 4.94. The number of phenolic OH excluding ortho intramolecular Hbond substituents is 1. The zero-order chi connectivity index (χ0) is 15.1. The molecule has 0 saturated heterocycles. The third-order valence-electron chi connectivity index (χ3n) is 3.33. The van der Waals surface area contributed by atoms with Crippen LogP contribution < -0.4 is 5.73 Å². The lowest BCUT2D eigenvalue weighted by Gasteiger charge is -2.25. The molecule has 106 valence electrons. The van der Waals surface area contributed by atoms with E-state index in [2.05, 4.69) is 0 Å². The molecule has 1 heterocycles. The van der Waals surface area contributed by atoms with Gasteiger partial charge in [0.25, 0.3) is 0 Å². The summed E-state index contributed by atoms with van der Waals surface area (Å²) in [7, 11) is 0. The molecule has 0 radical (unpaired) electrons. The first-order chi connectivity index (χ1) is 9.23. The van der Waals surface area contributed by atoms with Gasteiger partial charge in [-0.1, -0.05) is 26.8 Å². The number of benzene rings is 1. The molecule has 0 saturated carbocycles. The van der Waals surface area contributed by atoms with Crippen LogP contribution in [0.4, 0.5) is 5.69 Å². The molecular formula is C16H19NO2S. The van der Waals surface area contributed by atoms with Gasteiger partial charge in [-0.2, -0.15) is 0 Å². The van der Waals surface area contributed by atoms with Gasteiger partial charge in [0, 0.05) is 11.1 Å². The third-order valence-corrected chi connectivity index (χ3v) is 4.20. The number of ketones is 1. The summed E-state index contributed by atoms with van der Waals surface area (Å²) < 4.78 is 0. The van der Waals surface area contributed by atoms with E-state index in [1.165, 1.54) is 11.3 Å². The second-order valence-corrected chi connectivity index (χ2v) is 6.87. The summed E-state index contributed by atoms with van der Waals surface area (Å²) in [6.45, 7) is 7.84. The van der Waals surface area contributed by atoms with Gasteiger partial charge >= 0.3 is 0 Å². The standard InChI is InChI=1S/C16H19NO2S/c1-9-10(14(18)12-6-5-7-20-12)8-11(17)15(19)13(9)16(2,3)4/h5-8,19H,17H2,1-4H3. The van der Waals surface area contributed by atoms with Crippen molar-refractivity contribution in [2.75, 3.05) is 5.73 Å². The molecule has 0 fully saturated rings. The van der Waals surface area contributed by atoms with Crippen molar-refractivity contribution in [3.63, 3.8) is 0 Å². The van der Waals surface area contributed by atoms with Crippen molar-refractivity contribution in [3.8, 4) is 5.75 Å². The number of aromatic hydroxyl groups is 1. The Morgan fingerprint density at radius 3 is 2.50 bits per heavy atom. The predicted molar refractivity (Wildman–Crippen MR) is 83.7 cm³/mol. The van der Waals surface area contributed by atoms with Crippen LogP contribution in [-0.2, 0) is 5.41 Å². The van der Waals surface area contributed by atoms with Crippen molar-refractivity contribution in [3.05, 3.63) is 45.1 Å². The van der Waals surface area contributed by atoms with Crippen LogP contribution in [0, 0.1) is 6.92 Å². The Morgan fingerprint density at radius 1 is 1.35 bits per heavy atom. The predicted octanol–water partition coefficient (Wildman–Crippen LogP) is 3.87. The first-order valence-corrected chi connectivity index (χ1v) is 7.32. The van der Waals surface area contributed by atoms with Crippen LogP contribution in [0.15, 0.2) is 23.6 Å². The first kappa shape index (κ1) is 14.6. The summed E-state index contributed by atoms with van der Waals surface area (Å²) in [4.78, 5) is 13.2. The van der Waals surface area contributed by atoms with E-state index in [9.17, 15) is 9.90 Å². The van der Waals surface area contributed by atoms with Gasteiger partial charge in [0.1, 0.15) is 5.75 Å². The molecular weight excluding hydrogens is 270 g/mol. The van der Waals surface area contributed by atoms with Gasteiger partial charge in [0.15, 0.2) is 0 Å². The molecule has 1 aromatic heterocycles. The van der Waals surface area contributed by atoms with Crippen LogP contribution in [0.2, 0.25) is 0 Å².